The van der Waals surface area contributed by atoms with E-state index in [2.05, 4.69) is 5.32 Å². The lowest BCUT2D eigenvalue weighted by molar-refractivity contribution is -0.134. The van der Waals surface area contributed by atoms with E-state index in [1.807, 2.05) is 40.1 Å². The van der Waals surface area contributed by atoms with Crippen molar-refractivity contribution in [3.8, 4) is 0 Å². The number of aliphatic hydroxyl groups excluding tert-OH is 1. The fourth-order valence-corrected chi connectivity index (χ4v) is 3.10. The first kappa shape index (κ1) is 18.4. The number of nitrogens with zero attached hydrogens (tertiary/aromatic N) is 2. The van der Waals surface area contributed by atoms with Gasteiger partial charge in [-0.05, 0) is 18.4 Å². The van der Waals surface area contributed by atoms with Crippen molar-refractivity contribution in [1.29, 1.82) is 0 Å². The van der Waals surface area contributed by atoms with Crippen molar-refractivity contribution in [2.24, 2.45) is 0 Å². The van der Waals surface area contributed by atoms with Crippen LogP contribution < -0.4 is 5.32 Å². The minimum atomic E-state index is -0.0553. The number of carbonyl (C=O) groups is 2. The second-order valence-electron chi connectivity index (χ2n) is 6.30. The number of likely N-dealkylation sites (tertiary alicyclic amines) is 1. The van der Waals surface area contributed by atoms with E-state index in [4.69, 9.17) is 0 Å². The Morgan fingerprint density at radius 1 is 1.33 bits per heavy atom. The van der Waals surface area contributed by atoms with Gasteiger partial charge < -0.3 is 15.3 Å². The highest BCUT2D eigenvalue weighted by atomic mass is 16.3. The highest BCUT2D eigenvalue weighted by molar-refractivity contribution is 5.78. The third-order valence-electron chi connectivity index (χ3n) is 4.21. The fraction of sp³-hybridized carbons (Fsp3) is 0.556. The molecule has 0 radical (unpaired) electrons. The summed E-state index contributed by atoms with van der Waals surface area (Å²) < 4.78 is 0. The first-order chi connectivity index (χ1) is 11.6. The van der Waals surface area contributed by atoms with Gasteiger partial charge in [0.2, 0.25) is 11.8 Å². The molecule has 0 aromatic heterocycles. The number of piperidine rings is 1. The van der Waals surface area contributed by atoms with Gasteiger partial charge in [-0.3, -0.25) is 14.5 Å². The zero-order valence-corrected chi connectivity index (χ0v) is 14.3. The molecule has 2 N–H and O–H groups in total. The molecule has 0 unspecified atom stereocenters. The smallest absolute Gasteiger partial charge is 0.236 e. The van der Waals surface area contributed by atoms with Crippen LogP contribution in [0, 0.1) is 0 Å². The number of amides is 2. The zero-order valence-electron chi connectivity index (χ0n) is 14.3. The Bertz CT molecular complexity index is 536. The molecule has 1 aliphatic rings. The van der Waals surface area contributed by atoms with E-state index in [0.717, 1.165) is 24.9 Å². The lowest BCUT2D eigenvalue weighted by Crippen LogP contribution is -2.51. The Morgan fingerprint density at radius 2 is 2.08 bits per heavy atom. The van der Waals surface area contributed by atoms with Crippen molar-refractivity contribution in [2.45, 2.75) is 32.4 Å². The van der Waals surface area contributed by atoms with E-state index >= 15 is 0 Å². The predicted molar refractivity (Wildman–Crippen MR) is 92.2 cm³/mol. The molecule has 132 valence electrons. The first-order valence-electron chi connectivity index (χ1n) is 8.50. The van der Waals surface area contributed by atoms with Crippen LogP contribution >= 0.6 is 0 Å². The summed E-state index contributed by atoms with van der Waals surface area (Å²) in [7, 11) is 0. The SMILES string of the molecule is CC(=O)N[C@H]1CCCN(C(=O)CN(CCO)Cc2ccccc2)C1. The average molecular weight is 333 g/mol. The highest BCUT2D eigenvalue weighted by Crippen LogP contribution is 2.12. The third-order valence-corrected chi connectivity index (χ3v) is 4.21. The van der Waals surface area contributed by atoms with E-state index in [0.29, 0.717) is 19.6 Å². The van der Waals surface area contributed by atoms with Crippen molar-refractivity contribution in [3.05, 3.63) is 35.9 Å². The van der Waals surface area contributed by atoms with Gasteiger partial charge in [0, 0.05) is 39.1 Å². The summed E-state index contributed by atoms with van der Waals surface area (Å²) in [6.07, 6.45) is 1.81. The molecule has 1 atom stereocenters. The molecule has 6 heteroatoms. The van der Waals surface area contributed by atoms with E-state index in [9.17, 15) is 14.7 Å². The molecule has 1 aliphatic heterocycles. The second kappa shape index (κ2) is 9.39. The maximum atomic E-state index is 12.6. The van der Waals surface area contributed by atoms with Gasteiger partial charge in [-0.1, -0.05) is 30.3 Å². The molecular weight excluding hydrogens is 306 g/mol. The van der Waals surface area contributed by atoms with Crippen LogP contribution in [0.15, 0.2) is 30.3 Å². The Kier molecular flexibility index (Phi) is 7.21. The number of nitrogens with one attached hydrogen (secondary N) is 1. The number of hydrogen-bond acceptors (Lipinski definition) is 4. The molecule has 1 heterocycles. The average Bonchev–Trinajstić information content (AvgIpc) is 2.55. The molecule has 1 aromatic rings. The summed E-state index contributed by atoms with van der Waals surface area (Å²) in [5.74, 6) is -0.00489. The van der Waals surface area contributed by atoms with Crippen LogP contribution in [-0.4, -0.2) is 65.5 Å². The van der Waals surface area contributed by atoms with E-state index in [1.165, 1.54) is 6.92 Å². The largest absolute Gasteiger partial charge is 0.395 e. The molecule has 1 saturated heterocycles. The van der Waals surface area contributed by atoms with Crippen LogP contribution in [0.5, 0.6) is 0 Å². The van der Waals surface area contributed by atoms with Crippen molar-refractivity contribution in [1.82, 2.24) is 15.1 Å². The van der Waals surface area contributed by atoms with Gasteiger partial charge in [0.05, 0.1) is 13.2 Å². The predicted octanol–water partition coefficient (Wildman–Crippen LogP) is 0.608. The minimum absolute atomic E-state index is 0.0225. The van der Waals surface area contributed by atoms with Crippen molar-refractivity contribution in [3.63, 3.8) is 0 Å². The number of hydrogen-bond donors (Lipinski definition) is 2. The standard InChI is InChI=1S/C18H27N3O3/c1-15(23)19-17-8-5-9-21(13-17)18(24)14-20(10-11-22)12-16-6-3-2-4-7-16/h2-4,6-7,17,22H,5,8-14H2,1H3,(H,19,23)/t17-/m0/s1. The number of benzene rings is 1. The quantitative estimate of drug-likeness (QED) is 0.767. The van der Waals surface area contributed by atoms with Crippen LogP contribution in [0.1, 0.15) is 25.3 Å². The molecular formula is C18H27N3O3. The molecule has 0 aliphatic carbocycles. The Balaban J connectivity index is 1.90. The zero-order chi connectivity index (χ0) is 17.4. The molecule has 1 aromatic carbocycles. The molecule has 24 heavy (non-hydrogen) atoms. The van der Waals surface area contributed by atoms with E-state index in [1.54, 1.807) is 0 Å². The Hall–Kier alpha value is -1.92. The van der Waals surface area contributed by atoms with E-state index < -0.39 is 0 Å². The topological polar surface area (TPSA) is 72.9 Å². The van der Waals surface area contributed by atoms with Crippen LogP contribution in [0.25, 0.3) is 0 Å². The van der Waals surface area contributed by atoms with Crippen LogP contribution in [-0.2, 0) is 16.1 Å². The van der Waals surface area contributed by atoms with E-state index in [-0.39, 0.29) is 31.0 Å². The van der Waals surface area contributed by atoms with Gasteiger partial charge in [0.1, 0.15) is 0 Å². The fourth-order valence-electron chi connectivity index (χ4n) is 3.10. The minimum Gasteiger partial charge on any atom is -0.395 e. The van der Waals surface area contributed by atoms with Crippen LogP contribution in [0.2, 0.25) is 0 Å². The third kappa shape index (κ3) is 5.94. The van der Waals surface area contributed by atoms with Crippen LogP contribution in [0.3, 0.4) is 0 Å². The maximum Gasteiger partial charge on any atom is 0.236 e. The molecule has 6 nitrogen and oxygen atoms in total. The number of carbonyl (C=O) groups excluding carboxylic acids is 2. The van der Waals surface area contributed by atoms with Crippen molar-refractivity contribution in [2.75, 3.05) is 32.8 Å². The van der Waals surface area contributed by atoms with Gasteiger partial charge in [0.15, 0.2) is 0 Å². The summed E-state index contributed by atoms with van der Waals surface area (Å²) in [6.45, 7) is 4.20. The summed E-state index contributed by atoms with van der Waals surface area (Å²) in [6, 6.07) is 9.97. The molecule has 2 amide bonds. The molecule has 2 rings (SSSR count). The lowest BCUT2D eigenvalue weighted by Gasteiger charge is -2.34. The summed E-state index contributed by atoms with van der Waals surface area (Å²) >= 11 is 0. The van der Waals surface area contributed by atoms with Gasteiger partial charge in [-0.25, -0.2) is 0 Å². The molecule has 0 spiro atoms. The highest BCUT2D eigenvalue weighted by Gasteiger charge is 2.25. The first-order valence-corrected chi connectivity index (χ1v) is 8.50. The van der Waals surface area contributed by atoms with Gasteiger partial charge in [-0.15, -0.1) is 0 Å². The summed E-state index contributed by atoms with van der Waals surface area (Å²) in [5.41, 5.74) is 1.12. The second-order valence-corrected chi connectivity index (χ2v) is 6.30. The molecule has 1 fully saturated rings. The number of rotatable bonds is 7. The van der Waals surface area contributed by atoms with Crippen molar-refractivity contribution >= 4 is 11.8 Å². The van der Waals surface area contributed by atoms with Gasteiger partial charge >= 0.3 is 0 Å². The Labute approximate surface area is 143 Å². The van der Waals surface area contributed by atoms with Gasteiger partial charge in [0.25, 0.3) is 0 Å². The Morgan fingerprint density at radius 3 is 2.75 bits per heavy atom. The van der Waals surface area contributed by atoms with Gasteiger partial charge in [-0.2, -0.15) is 0 Å². The summed E-state index contributed by atoms with van der Waals surface area (Å²) in [5, 5.41) is 12.2. The maximum absolute atomic E-state index is 12.6. The number of aliphatic hydroxyl groups is 1. The molecule has 0 saturated carbocycles. The normalized spacial score (nSPS) is 17.8. The summed E-state index contributed by atoms with van der Waals surface area (Å²) in [4.78, 5) is 27.6. The van der Waals surface area contributed by atoms with Crippen LogP contribution in [0.4, 0.5) is 0 Å². The monoisotopic (exact) mass is 333 g/mol. The lowest BCUT2D eigenvalue weighted by atomic mass is 10.1. The van der Waals surface area contributed by atoms with Crippen molar-refractivity contribution < 1.29 is 14.7 Å². The molecule has 0 bridgehead atoms.